The van der Waals surface area contributed by atoms with Gasteiger partial charge in [0.2, 0.25) is 0 Å². The largest absolute Gasteiger partial charge is 0.496 e. The van der Waals surface area contributed by atoms with Gasteiger partial charge in [0.1, 0.15) is 11.6 Å². The van der Waals surface area contributed by atoms with Gasteiger partial charge < -0.3 is 14.5 Å². The highest BCUT2D eigenvalue weighted by molar-refractivity contribution is 6.30. The number of nitrogens with zero attached hydrogens (tertiary/aromatic N) is 2. The van der Waals surface area contributed by atoms with Gasteiger partial charge in [-0.05, 0) is 42.5 Å². The Labute approximate surface area is 145 Å². The molecule has 3 rings (SSSR count). The van der Waals surface area contributed by atoms with Crippen molar-refractivity contribution in [2.24, 2.45) is 0 Å². The highest BCUT2D eigenvalue weighted by Gasteiger charge is 2.24. The predicted molar refractivity (Wildman–Crippen MR) is 92.5 cm³/mol. The lowest BCUT2D eigenvalue weighted by molar-refractivity contribution is 0.0743. The molecular formula is C18H18ClFN2O2. The zero-order valence-electron chi connectivity index (χ0n) is 13.3. The first-order valence-electron chi connectivity index (χ1n) is 7.72. The predicted octanol–water partition coefficient (Wildman–Crippen LogP) is 3.45. The smallest absolute Gasteiger partial charge is 0.257 e. The van der Waals surface area contributed by atoms with E-state index in [1.807, 2.05) is 24.3 Å². The van der Waals surface area contributed by atoms with Crippen molar-refractivity contribution in [3.05, 3.63) is 58.9 Å². The lowest BCUT2D eigenvalue weighted by Gasteiger charge is -2.36. The summed E-state index contributed by atoms with van der Waals surface area (Å²) in [6.45, 7) is 2.57. The van der Waals surface area contributed by atoms with Crippen LogP contribution < -0.4 is 9.64 Å². The number of carbonyl (C=O) groups is 1. The average molecular weight is 349 g/mol. The Balaban J connectivity index is 1.69. The maximum atomic E-state index is 13.5. The van der Waals surface area contributed by atoms with E-state index in [1.165, 1.54) is 25.3 Å². The molecule has 2 aromatic carbocycles. The monoisotopic (exact) mass is 348 g/mol. The summed E-state index contributed by atoms with van der Waals surface area (Å²) in [4.78, 5) is 16.6. The van der Waals surface area contributed by atoms with Crippen LogP contribution in [0.5, 0.6) is 5.75 Å². The summed E-state index contributed by atoms with van der Waals surface area (Å²) in [7, 11) is 1.47. The normalized spacial score (nSPS) is 14.6. The lowest BCUT2D eigenvalue weighted by atomic mass is 10.1. The molecule has 1 heterocycles. The van der Waals surface area contributed by atoms with Crippen molar-refractivity contribution in [3.63, 3.8) is 0 Å². The third-order valence-corrected chi connectivity index (χ3v) is 4.40. The van der Waals surface area contributed by atoms with Crippen LogP contribution in [0.1, 0.15) is 10.4 Å². The first-order chi connectivity index (χ1) is 11.6. The molecule has 4 nitrogen and oxygen atoms in total. The molecule has 6 heteroatoms. The molecule has 126 valence electrons. The molecule has 0 aliphatic carbocycles. The number of carbonyl (C=O) groups excluding carboxylic acids is 1. The van der Waals surface area contributed by atoms with Gasteiger partial charge in [0.15, 0.2) is 0 Å². The summed E-state index contributed by atoms with van der Waals surface area (Å²) < 4.78 is 18.7. The minimum absolute atomic E-state index is 0.206. The second-order valence-corrected chi connectivity index (χ2v) is 6.04. The third-order valence-electron chi connectivity index (χ3n) is 4.15. The molecule has 24 heavy (non-hydrogen) atoms. The van der Waals surface area contributed by atoms with Gasteiger partial charge in [-0.15, -0.1) is 0 Å². The van der Waals surface area contributed by atoms with E-state index in [2.05, 4.69) is 4.90 Å². The molecule has 0 radical (unpaired) electrons. The van der Waals surface area contributed by atoms with Crippen molar-refractivity contribution < 1.29 is 13.9 Å². The minimum Gasteiger partial charge on any atom is -0.496 e. The van der Waals surface area contributed by atoms with Crippen LogP contribution in [0.25, 0.3) is 0 Å². The van der Waals surface area contributed by atoms with Crippen molar-refractivity contribution >= 4 is 23.2 Å². The van der Waals surface area contributed by atoms with E-state index in [1.54, 1.807) is 4.90 Å². The summed E-state index contributed by atoms with van der Waals surface area (Å²) in [6, 6.07) is 11.6. The van der Waals surface area contributed by atoms with Crippen LogP contribution in [-0.4, -0.2) is 44.1 Å². The molecule has 0 saturated carbocycles. The second kappa shape index (κ2) is 7.09. The molecule has 1 amide bonds. The summed E-state index contributed by atoms with van der Waals surface area (Å²) in [6.07, 6.45) is 0. The lowest BCUT2D eigenvalue weighted by Crippen LogP contribution is -2.48. The molecule has 1 saturated heterocycles. The molecule has 0 atom stereocenters. The molecule has 0 bridgehead atoms. The number of amides is 1. The second-order valence-electron chi connectivity index (χ2n) is 5.60. The Morgan fingerprint density at radius 3 is 2.38 bits per heavy atom. The quantitative estimate of drug-likeness (QED) is 0.851. The highest BCUT2D eigenvalue weighted by atomic mass is 35.5. The van der Waals surface area contributed by atoms with Crippen LogP contribution >= 0.6 is 11.6 Å². The van der Waals surface area contributed by atoms with Crippen LogP contribution in [0.15, 0.2) is 42.5 Å². The van der Waals surface area contributed by atoms with Crippen LogP contribution in [-0.2, 0) is 0 Å². The SMILES string of the molecule is COc1ccc(F)cc1C(=O)N1CCN(c2ccc(Cl)cc2)CC1. The number of benzene rings is 2. The van der Waals surface area contributed by atoms with Crippen molar-refractivity contribution in [1.82, 2.24) is 4.90 Å². The summed E-state index contributed by atoms with van der Waals surface area (Å²) in [5.41, 5.74) is 1.34. The fraction of sp³-hybridized carbons (Fsp3) is 0.278. The molecule has 1 aliphatic rings. The van der Waals surface area contributed by atoms with Crippen molar-refractivity contribution in [3.8, 4) is 5.75 Å². The third kappa shape index (κ3) is 3.46. The number of ether oxygens (including phenoxy) is 1. The number of hydrogen-bond acceptors (Lipinski definition) is 3. The molecule has 0 spiro atoms. The summed E-state index contributed by atoms with van der Waals surface area (Å²) >= 11 is 5.91. The molecule has 2 aromatic rings. The summed E-state index contributed by atoms with van der Waals surface area (Å²) in [5, 5.41) is 0.700. The van der Waals surface area contributed by atoms with E-state index in [-0.39, 0.29) is 11.5 Å². The van der Waals surface area contributed by atoms with E-state index in [9.17, 15) is 9.18 Å². The van der Waals surface area contributed by atoms with Crippen LogP contribution in [0.3, 0.4) is 0 Å². The molecular weight excluding hydrogens is 331 g/mol. The Kier molecular flexibility index (Phi) is 4.90. The molecule has 0 aromatic heterocycles. The van der Waals surface area contributed by atoms with Gasteiger partial charge in [-0.2, -0.15) is 0 Å². The molecule has 0 unspecified atom stereocenters. The van der Waals surface area contributed by atoms with Crippen molar-refractivity contribution in [2.75, 3.05) is 38.2 Å². The maximum Gasteiger partial charge on any atom is 0.257 e. The maximum absolute atomic E-state index is 13.5. The molecule has 1 fully saturated rings. The van der Waals surface area contributed by atoms with Gasteiger partial charge in [0.05, 0.1) is 12.7 Å². The van der Waals surface area contributed by atoms with Gasteiger partial charge in [-0.1, -0.05) is 11.6 Å². The molecule has 0 N–H and O–H groups in total. The van der Waals surface area contributed by atoms with Gasteiger partial charge >= 0.3 is 0 Å². The Morgan fingerprint density at radius 2 is 1.75 bits per heavy atom. The summed E-state index contributed by atoms with van der Waals surface area (Å²) in [5.74, 6) is -0.261. The fourth-order valence-corrected chi connectivity index (χ4v) is 2.96. The van der Waals surface area contributed by atoms with E-state index < -0.39 is 5.82 Å². The number of methoxy groups -OCH3 is 1. The van der Waals surface area contributed by atoms with Crippen LogP contribution in [0.4, 0.5) is 10.1 Å². The van der Waals surface area contributed by atoms with Crippen molar-refractivity contribution in [1.29, 1.82) is 0 Å². The van der Waals surface area contributed by atoms with Gasteiger partial charge in [-0.3, -0.25) is 4.79 Å². The Hall–Kier alpha value is -2.27. The number of piperazine rings is 1. The number of hydrogen-bond donors (Lipinski definition) is 0. The van der Waals surface area contributed by atoms with Crippen molar-refractivity contribution in [2.45, 2.75) is 0 Å². The first kappa shape index (κ1) is 16.6. The standard InChI is InChI=1S/C18H18ClFN2O2/c1-24-17-7-4-14(20)12-16(17)18(23)22-10-8-21(9-11-22)15-5-2-13(19)3-6-15/h2-7,12H,8-11H2,1H3. The number of halogens is 2. The van der Waals surface area contributed by atoms with Gasteiger partial charge in [0.25, 0.3) is 5.91 Å². The van der Waals surface area contributed by atoms with Crippen LogP contribution in [0, 0.1) is 5.82 Å². The number of anilines is 1. The van der Waals surface area contributed by atoms with E-state index in [4.69, 9.17) is 16.3 Å². The Bertz CT molecular complexity index is 728. The average Bonchev–Trinajstić information content (AvgIpc) is 2.62. The first-order valence-corrected chi connectivity index (χ1v) is 8.09. The Morgan fingerprint density at radius 1 is 1.08 bits per heavy atom. The minimum atomic E-state index is -0.445. The van der Waals surface area contributed by atoms with E-state index in [0.29, 0.717) is 37.0 Å². The van der Waals surface area contributed by atoms with E-state index in [0.717, 1.165) is 5.69 Å². The number of rotatable bonds is 3. The van der Waals surface area contributed by atoms with E-state index >= 15 is 0 Å². The van der Waals surface area contributed by atoms with Crippen LogP contribution in [0.2, 0.25) is 5.02 Å². The topological polar surface area (TPSA) is 32.8 Å². The fourth-order valence-electron chi connectivity index (χ4n) is 2.84. The zero-order valence-corrected chi connectivity index (χ0v) is 14.1. The van der Waals surface area contributed by atoms with Gasteiger partial charge in [-0.25, -0.2) is 4.39 Å². The molecule has 1 aliphatic heterocycles. The zero-order chi connectivity index (χ0) is 17.1. The van der Waals surface area contributed by atoms with Gasteiger partial charge in [0, 0.05) is 36.9 Å². The highest BCUT2D eigenvalue weighted by Crippen LogP contribution is 2.23.